The fourth-order valence-electron chi connectivity index (χ4n) is 2.21. The van der Waals surface area contributed by atoms with Crippen LogP contribution in [0.1, 0.15) is 60.3 Å². The second-order valence-electron chi connectivity index (χ2n) is 5.58. The molecule has 1 saturated carbocycles. The smallest absolute Gasteiger partial charge is 0.106 e. The molecule has 0 aliphatic heterocycles. The van der Waals surface area contributed by atoms with Crippen molar-refractivity contribution in [1.82, 2.24) is 0 Å². The van der Waals surface area contributed by atoms with E-state index in [9.17, 15) is 0 Å². The van der Waals surface area contributed by atoms with E-state index in [1.807, 2.05) is 6.92 Å². The van der Waals surface area contributed by atoms with Gasteiger partial charge in [-0.1, -0.05) is 20.3 Å². The molecular weight excluding hydrogens is 210 g/mol. The fraction of sp³-hybridized carbons (Fsp3) is 0.733. The molecule has 0 bridgehead atoms. The Balaban J connectivity index is 2.64. The van der Waals surface area contributed by atoms with Crippen molar-refractivity contribution < 1.29 is 4.74 Å². The lowest BCUT2D eigenvalue weighted by atomic mass is 9.94. The van der Waals surface area contributed by atoms with Crippen LogP contribution in [0.15, 0.2) is 23.1 Å². The summed E-state index contributed by atoms with van der Waals surface area (Å²) in [6.45, 7) is 10.6. The van der Waals surface area contributed by atoms with Crippen LogP contribution in [0, 0.1) is 5.92 Å². The Kier molecular flexibility index (Phi) is 4.67. The molecule has 1 fully saturated rings. The zero-order valence-electron chi connectivity index (χ0n) is 12.0. The van der Waals surface area contributed by atoms with Gasteiger partial charge in [0, 0.05) is 11.6 Å². The molecule has 2 nitrogen and oxygen atoms in total. The molecule has 1 unspecified atom stereocenters. The van der Waals surface area contributed by atoms with Crippen molar-refractivity contribution in [2.24, 2.45) is 11.7 Å². The minimum atomic E-state index is 0.118. The van der Waals surface area contributed by atoms with E-state index >= 15 is 0 Å². The fourth-order valence-corrected chi connectivity index (χ4v) is 2.21. The highest BCUT2D eigenvalue weighted by atomic mass is 16.5. The van der Waals surface area contributed by atoms with Gasteiger partial charge in [-0.25, -0.2) is 0 Å². The van der Waals surface area contributed by atoms with Crippen molar-refractivity contribution in [1.29, 1.82) is 0 Å². The average molecular weight is 237 g/mol. The van der Waals surface area contributed by atoms with Crippen LogP contribution in [0.4, 0.5) is 0 Å². The summed E-state index contributed by atoms with van der Waals surface area (Å²) in [5.41, 5.74) is 8.37. The van der Waals surface area contributed by atoms with E-state index < -0.39 is 0 Å². The van der Waals surface area contributed by atoms with Gasteiger partial charge in [0.25, 0.3) is 0 Å². The van der Waals surface area contributed by atoms with E-state index in [0.717, 1.165) is 24.3 Å². The Morgan fingerprint density at radius 1 is 1.41 bits per heavy atom. The van der Waals surface area contributed by atoms with Gasteiger partial charge in [0.2, 0.25) is 0 Å². The molecule has 0 aromatic heterocycles. The molecular formula is C15H27NO. The summed E-state index contributed by atoms with van der Waals surface area (Å²) in [7, 11) is 0. The Hall–Kier alpha value is -0.920. The molecule has 0 spiro atoms. The van der Waals surface area contributed by atoms with Gasteiger partial charge in [0.05, 0.1) is 5.76 Å². The molecule has 1 rings (SSSR count). The number of allylic oxidation sites excluding steroid dienone is 4. The highest BCUT2D eigenvalue weighted by Crippen LogP contribution is 2.40. The molecule has 1 aliphatic carbocycles. The molecule has 0 radical (unpaired) electrons. The van der Waals surface area contributed by atoms with Crippen LogP contribution in [0.5, 0.6) is 0 Å². The number of hydrogen-bond acceptors (Lipinski definition) is 2. The van der Waals surface area contributed by atoms with Crippen LogP contribution in [0.3, 0.4) is 0 Å². The summed E-state index contributed by atoms with van der Waals surface area (Å²) in [4.78, 5) is 0. The molecule has 0 heterocycles. The van der Waals surface area contributed by atoms with Gasteiger partial charge in [0.1, 0.15) is 5.60 Å². The molecule has 98 valence electrons. The molecule has 0 saturated heterocycles. The Bertz CT molecular complexity index is 320. The maximum Gasteiger partial charge on any atom is 0.106 e. The number of hydrogen-bond donors (Lipinski definition) is 1. The van der Waals surface area contributed by atoms with Gasteiger partial charge < -0.3 is 10.5 Å². The predicted molar refractivity (Wildman–Crippen MR) is 73.4 cm³/mol. The van der Waals surface area contributed by atoms with E-state index in [0.29, 0.717) is 5.92 Å². The van der Waals surface area contributed by atoms with Crippen molar-refractivity contribution in [2.45, 2.75) is 65.9 Å². The number of nitrogens with two attached hydrogens (primary N) is 1. The summed E-state index contributed by atoms with van der Waals surface area (Å²) < 4.78 is 5.93. The summed E-state index contributed by atoms with van der Waals surface area (Å²) in [6, 6.07) is 0. The molecule has 2 N–H and O–H groups in total. The Morgan fingerprint density at radius 2 is 2.00 bits per heavy atom. The van der Waals surface area contributed by atoms with E-state index in [-0.39, 0.29) is 5.60 Å². The lowest BCUT2D eigenvalue weighted by Gasteiger charge is -2.18. The van der Waals surface area contributed by atoms with E-state index in [1.165, 1.54) is 18.4 Å². The number of rotatable bonds is 6. The summed E-state index contributed by atoms with van der Waals surface area (Å²) in [5, 5.41) is 0. The van der Waals surface area contributed by atoms with Crippen LogP contribution in [0.25, 0.3) is 0 Å². The van der Waals surface area contributed by atoms with E-state index in [4.69, 9.17) is 10.5 Å². The van der Waals surface area contributed by atoms with Gasteiger partial charge in [-0.05, 0) is 51.7 Å². The zero-order chi connectivity index (χ0) is 13.1. The first kappa shape index (κ1) is 14.1. The second kappa shape index (κ2) is 5.61. The second-order valence-corrected chi connectivity index (χ2v) is 5.58. The van der Waals surface area contributed by atoms with Crippen LogP contribution in [-0.2, 0) is 4.74 Å². The first-order valence-electron chi connectivity index (χ1n) is 6.70. The van der Waals surface area contributed by atoms with Gasteiger partial charge in [-0.3, -0.25) is 0 Å². The first-order chi connectivity index (χ1) is 7.88. The van der Waals surface area contributed by atoms with Crippen molar-refractivity contribution >= 4 is 0 Å². The Morgan fingerprint density at radius 3 is 2.41 bits per heavy atom. The molecule has 1 aliphatic rings. The third-order valence-electron chi connectivity index (χ3n) is 3.42. The molecule has 0 aromatic rings. The third-order valence-corrected chi connectivity index (χ3v) is 3.42. The predicted octanol–water partition coefficient (Wildman–Crippen LogP) is 4.13. The summed E-state index contributed by atoms with van der Waals surface area (Å²) >= 11 is 0. The maximum atomic E-state index is 5.95. The molecule has 0 amide bonds. The van der Waals surface area contributed by atoms with E-state index in [2.05, 4.69) is 33.8 Å². The summed E-state index contributed by atoms with van der Waals surface area (Å²) in [5.74, 6) is 1.41. The lowest BCUT2D eigenvalue weighted by molar-refractivity contribution is 0.110. The molecule has 17 heavy (non-hydrogen) atoms. The highest BCUT2D eigenvalue weighted by Gasteiger charge is 2.39. The quantitative estimate of drug-likeness (QED) is 0.705. The maximum absolute atomic E-state index is 5.95. The van der Waals surface area contributed by atoms with Crippen molar-refractivity contribution in [3.05, 3.63) is 23.1 Å². The van der Waals surface area contributed by atoms with Gasteiger partial charge in [-0.15, -0.1) is 0 Å². The number of ether oxygens (including phenoxy) is 1. The highest BCUT2D eigenvalue weighted by molar-refractivity contribution is 5.18. The van der Waals surface area contributed by atoms with E-state index in [1.54, 1.807) is 0 Å². The van der Waals surface area contributed by atoms with Crippen molar-refractivity contribution in [3.63, 3.8) is 0 Å². The minimum absolute atomic E-state index is 0.118. The summed E-state index contributed by atoms with van der Waals surface area (Å²) in [6.07, 6.45) is 6.77. The largest absolute Gasteiger partial charge is 0.493 e. The monoisotopic (exact) mass is 237 g/mol. The van der Waals surface area contributed by atoms with Gasteiger partial charge in [-0.2, -0.15) is 0 Å². The molecule has 1 atom stereocenters. The third kappa shape index (κ3) is 4.45. The van der Waals surface area contributed by atoms with Gasteiger partial charge >= 0.3 is 0 Å². The zero-order valence-corrected chi connectivity index (χ0v) is 12.0. The standard InChI is InChI=1S/C15H27NO/c1-6-7-14(13(4)16)11(2)10-12(3)17-15(5)8-9-15/h10-11H,6-9,16H2,1-5H3/b12-10+,14-13+. The SMILES string of the molecule is CCC/C(=C(/C)N)C(C)/C=C(\C)OC1(C)CC1. The lowest BCUT2D eigenvalue weighted by Crippen LogP contribution is -2.09. The average Bonchev–Trinajstić information content (AvgIpc) is 2.91. The van der Waals surface area contributed by atoms with Crippen molar-refractivity contribution in [2.75, 3.05) is 0 Å². The van der Waals surface area contributed by atoms with Crippen LogP contribution >= 0.6 is 0 Å². The van der Waals surface area contributed by atoms with Crippen LogP contribution in [0.2, 0.25) is 0 Å². The molecule has 0 aromatic carbocycles. The van der Waals surface area contributed by atoms with Crippen molar-refractivity contribution in [3.8, 4) is 0 Å². The van der Waals surface area contributed by atoms with Crippen LogP contribution in [-0.4, -0.2) is 5.60 Å². The minimum Gasteiger partial charge on any atom is -0.493 e. The molecule has 2 heteroatoms. The van der Waals surface area contributed by atoms with Gasteiger partial charge in [0.15, 0.2) is 0 Å². The van der Waals surface area contributed by atoms with Crippen LogP contribution < -0.4 is 5.73 Å². The Labute approximate surface area is 106 Å². The topological polar surface area (TPSA) is 35.2 Å². The first-order valence-corrected chi connectivity index (χ1v) is 6.70. The normalized spacial score (nSPS) is 21.8.